The van der Waals surface area contributed by atoms with E-state index in [1.54, 1.807) is 0 Å². The third kappa shape index (κ3) is 2.67. The molecule has 0 bridgehead atoms. The Morgan fingerprint density at radius 1 is 1.31 bits per heavy atom. The predicted octanol–water partition coefficient (Wildman–Crippen LogP) is 4.21. The van der Waals surface area contributed by atoms with E-state index in [0.29, 0.717) is 17.2 Å². The Morgan fingerprint density at radius 2 is 2.06 bits per heavy atom. The molecule has 1 saturated carbocycles. The van der Waals surface area contributed by atoms with Gasteiger partial charge in [-0.2, -0.15) is 0 Å². The quantitative estimate of drug-likeness (QED) is 0.875. The molecule has 0 aromatic heterocycles. The predicted molar refractivity (Wildman–Crippen MR) is 72.5 cm³/mol. The summed E-state index contributed by atoms with van der Waals surface area (Å²) in [5, 5.41) is 2.08. The standard InChI is InChI=1S/C12H15Cl2NS/c1-7-10(15)4-5-11(7)16-12-6-8(13)2-3-9(12)14/h2-3,6-7,10-11H,4-5,15H2,1H3. The number of benzene rings is 1. The summed E-state index contributed by atoms with van der Waals surface area (Å²) in [4.78, 5) is 1.07. The minimum atomic E-state index is 0.329. The lowest BCUT2D eigenvalue weighted by Crippen LogP contribution is -2.25. The van der Waals surface area contributed by atoms with Crippen LogP contribution in [-0.4, -0.2) is 11.3 Å². The molecule has 1 aromatic carbocycles. The van der Waals surface area contributed by atoms with Gasteiger partial charge in [-0.3, -0.25) is 0 Å². The van der Waals surface area contributed by atoms with Crippen LogP contribution in [0.2, 0.25) is 10.0 Å². The minimum absolute atomic E-state index is 0.329. The van der Waals surface area contributed by atoms with Crippen LogP contribution in [-0.2, 0) is 0 Å². The molecular weight excluding hydrogens is 261 g/mol. The Balaban J connectivity index is 2.12. The van der Waals surface area contributed by atoms with Crippen LogP contribution >= 0.6 is 35.0 Å². The minimum Gasteiger partial charge on any atom is -0.327 e. The molecule has 0 amide bonds. The van der Waals surface area contributed by atoms with Gasteiger partial charge in [0, 0.05) is 21.2 Å². The van der Waals surface area contributed by atoms with Gasteiger partial charge in [-0.1, -0.05) is 30.1 Å². The number of nitrogens with two attached hydrogens (primary N) is 1. The molecule has 0 aliphatic heterocycles. The summed E-state index contributed by atoms with van der Waals surface area (Å²) >= 11 is 13.9. The summed E-state index contributed by atoms with van der Waals surface area (Å²) in [6.45, 7) is 2.22. The van der Waals surface area contributed by atoms with E-state index in [2.05, 4.69) is 6.92 Å². The summed E-state index contributed by atoms with van der Waals surface area (Å²) in [7, 11) is 0. The van der Waals surface area contributed by atoms with Gasteiger partial charge >= 0.3 is 0 Å². The molecule has 1 aliphatic carbocycles. The second kappa shape index (κ2) is 5.18. The Bertz CT molecular complexity index is 383. The van der Waals surface area contributed by atoms with Crippen molar-refractivity contribution in [1.82, 2.24) is 0 Å². The average molecular weight is 276 g/mol. The summed E-state index contributed by atoms with van der Waals surface area (Å²) in [5.74, 6) is 0.542. The zero-order valence-electron chi connectivity index (χ0n) is 9.12. The highest BCUT2D eigenvalue weighted by atomic mass is 35.5. The molecule has 4 heteroatoms. The topological polar surface area (TPSA) is 26.0 Å². The molecule has 0 saturated heterocycles. The van der Waals surface area contributed by atoms with E-state index < -0.39 is 0 Å². The van der Waals surface area contributed by atoms with Crippen LogP contribution < -0.4 is 5.73 Å². The maximum absolute atomic E-state index is 6.15. The van der Waals surface area contributed by atoms with Gasteiger partial charge in [0.2, 0.25) is 0 Å². The maximum Gasteiger partial charge on any atom is 0.0542 e. The first-order chi connectivity index (χ1) is 7.58. The van der Waals surface area contributed by atoms with E-state index in [-0.39, 0.29) is 0 Å². The normalized spacial score (nSPS) is 29.6. The second-order valence-electron chi connectivity index (χ2n) is 4.33. The van der Waals surface area contributed by atoms with Crippen molar-refractivity contribution >= 4 is 35.0 Å². The zero-order chi connectivity index (χ0) is 11.7. The van der Waals surface area contributed by atoms with Gasteiger partial charge in [0.25, 0.3) is 0 Å². The largest absolute Gasteiger partial charge is 0.327 e. The molecule has 2 rings (SSSR count). The van der Waals surface area contributed by atoms with E-state index in [1.165, 1.54) is 0 Å². The van der Waals surface area contributed by atoms with E-state index in [0.717, 1.165) is 27.8 Å². The van der Waals surface area contributed by atoms with Crippen molar-refractivity contribution in [2.75, 3.05) is 0 Å². The lowest BCUT2D eigenvalue weighted by atomic mass is 10.1. The molecule has 3 atom stereocenters. The van der Waals surface area contributed by atoms with Crippen molar-refractivity contribution in [2.45, 2.75) is 36.0 Å². The fourth-order valence-corrected chi connectivity index (χ4v) is 3.92. The number of halogens is 2. The van der Waals surface area contributed by atoms with E-state index in [9.17, 15) is 0 Å². The van der Waals surface area contributed by atoms with Crippen LogP contribution in [0.5, 0.6) is 0 Å². The van der Waals surface area contributed by atoms with E-state index in [4.69, 9.17) is 28.9 Å². The molecule has 1 nitrogen and oxygen atoms in total. The highest BCUT2D eigenvalue weighted by molar-refractivity contribution is 8.00. The first-order valence-electron chi connectivity index (χ1n) is 5.45. The SMILES string of the molecule is CC1C(N)CCC1Sc1cc(Cl)ccc1Cl. The highest BCUT2D eigenvalue weighted by Gasteiger charge is 2.31. The Hall–Kier alpha value is 0.110. The second-order valence-corrected chi connectivity index (χ2v) is 6.46. The number of hydrogen-bond acceptors (Lipinski definition) is 2. The Morgan fingerprint density at radius 3 is 2.69 bits per heavy atom. The van der Waals surface area contributed by atoms with Crippen LogP contribution in [0.4, 0.5) is 0 Å². The lowest BCUT2D eigenvalue weighted by molar-refractivity contribution is 0.535. The molecule has 0 radical (unpaired) electrons. The van der Waals surface area contributed by atoms with Crippen LogP contribution in [0.1, 0.15) is 19.8 Å². The molecular formula is C12H15Cl2NS. The van der Waals surface area contributed by atoms with Gasteiger partial charge in [-0.05, 0) is 37.0 Å². The first kappa shape index (κ1) is 12.6. The Kier molecular flexibility index (Phi) is 4.06. The van der Waals surface area contributed by atoms with Crippen LogP contribution in [0.15, 0.2) is 23.1 Å². The van der Waals surface area contributed by atoms with E-state index >= 15 is 0 Å². The van der Waals surface area contributed by atoms with Crippen molar-refractivity contribution in [3.8, 4) is 0 Å². The number of thioether (sulfide) groups is 1. The fraction of sp³-hybridized carbons (Fsp3) is 0.500. The first-order valence-corrected chi connectivity index (χ1v) is 7.09. The summed E-state index contributed by atoms with van der Waals surface area (Å²) in [6, 6.07) is 5.93. The monoisotopic (exact) mass is 275 g/mol. The molecule has 88 valence electrons. The molecule has 1 aliphatic rings. The van der Waals surface area contributed by atoms with Gasteiger partial charge in [0.15, 0.2) is 0 Å². The van der Waals surface area contributed by atoms with Gasteiger partial charge in [-0.25, -0.2) is 0 Å². The third-order valence-corrected chi connectivity index (χ3v) is 5.45. The molecule has 1 aromatic rings. The number of hydrogen-bond donors (Lipinski definition) is 1. The highest BCUT2D eigenvalue weighted by Crippen LogP contribution is 2.41. The van der Waals surface area contributed by atoms with Crippen LogP contribution in [0, 0.1) is 5.92 Å². The van der Waals surface area contributed by atoms with Crippen molar-refractivity contribution in [3.05, 3.63) is 28.2 Å². The summed E-state index contributed by atoms with van der Waals surface area (Å²) < 4.78 is 0. The van der Waals surface area contributed by atoms with Gasteiger partial charge in [-0.15, -0.1) is 11.8 Å². The third-order valence-electron chi connectivity index (χ3n) is 3.22. The van der Waals surface area contributed by atoms with Crippen molar-refractivity contribution < 1.29 is 0 Å². The van der Waals surface area contributed by atoms with Gasteiger partial charge in [0.05, 0.1) is 5.02 Å². The summed E-state index contributed by atoms with van der Waals surface area (Å²) in [6.07, 6.45) is 2.27. The zero-order valence-corrected chi connectivity index (χ0v) is 11.4. The van der Waals surface area contributed by atoms with Crippen molar-refractivity contribution in [2.24, 2.45) is 11.7 Å². The molecule has 16 heavy (non-hydrogen) atoms. The number of rotatable bonds is 2. The average Bonchev–Trinajstić information content (AvgIpc) is 2.55. The molecule has 0 spiro atoms. The van der Waals surface area contributed by atoms with Crippen LogP contribution in [0.3, 0.4) is 0 Å². The summed E-state index contributed by atoms with van der Waals surface area (Å²) in [5.41, 5.74) is 6.02. The smallest absolute Gasteiger partial charge is 0.0542 e. The lowest BCUT2D eigenvalue weighted by Gasteiger charge is -2.18. The molecule has 0 heterocycles. The fourth-order valence-electron chi connectivity index (χ4n) is 2.06. The van der Waals surface area contributed by atoms with Crippen molar-refractivity contribution in [1.29, 1.82) is 0 Å². The molecule has 1 fully saturated rings. The Labute approximate surface area is 111 Å². The molecule has 2 N–H and O–H groups in total. The van der Waals surface area contributed by atoms with Crippen LogP contribution in [0.25, 0.3) is 0 Å². The van der Waals surface area contributed by atoms with Gasteiger partial charge in [0.1, 0.15) is 0 Å². The van der Waals surface area contributed by atoms with Gasteiger partial charge < -0.3 is 5.73 Å². The van der Waals surface area contributed by atoms with E-state index in [1.807, 2.05) is 30.0 Å². The molecule has 3 unspecified atom stereocenters. The van der Waals surface area contributed by atoms with Crippen molar-refractivity contribution in [3.63, 3.8) is 0 Å². The maximum atomic E-state index is 6.15.